The molecule has 0 radical (unpaired) electrons. The SMILES string of the molecule is Cc1cc(C(=O)N(Cc2ccc(C#N)cc2)C(C)C)c2cnn(C(C)C)c2n1. The van der Waals surface area contributed by atoms with E-state index >= 15 is 0 Å². The van der Waals surface area contributed by atoms with Crippen molar-refractivity contribution in [3.63, 3.8) is 0 Å². The van der Waals surface area contributed by atoms with Gasteiger partial charge in [-0.05, 0) is 58.4 Å². The third-order valence-electron chi connectivity index (χ3n) is 4.73. The van der Waals surface area contributed by atoms with Crippen LogP contribution in [-0.2, 0) is 6.54 Å². The number of hydrogen-bond donors (Lipinski definition) is 0. The molecule has 0 aliphatic heterocycles. The Bertz CT molecular complexity index is 1040. The molecule has 0 unspecified atom stereocenters. The van der Waals surface area contributed by atoms with Gasteiger partial charge >= 0.3 is 0 Å². The summed E-state index contributed by atoms with van der Waals surface area (Å²) in [5.74, 6) is -0.0434. The summed E-state index contributed by atoms with van der Waals surface area (Å²) in [6.07, 6.45) is 1.73. The van der Waals surface area contributed by atoms with Crippen molar-refractivity contribution in [2.75, 3.05) is 0 Å². The predicted octanol–water partition coefficient (Wildman–Crippen LogP) is 4.24. The second kappa shape index (κ2) is 7.81. The van der Waals surface area contributed by atoms with Gasteiger partial charge in [-0.3, -0.25) is 4.79 Å². The lowest BCUT2D eigenvalue weighted by Crippen LogP contribution is -2.36. The number of amides is 1. The van der Waals surface area contributed by atoms with Crippen LogP contribution in [-0.4, -0.2) is 31.6 Å². The Kier molecular flexibility index (Phi) is 5.46. The quantitative estimate of drug-likeness (QED) is 0.668. The van der Waals surface area contributed by atoms with Crippen LogP contribution in [0.2, 0.25) is 0 Å². The minimum Gasteiger partial charge on any atom is -0.332 e. The minimum atomic E-state index is -0.0434. The minimum absolute atomic E-state index is 0.0202. The van der Waals surface area contributed by atoms with Crippen molar-refractivity contribution in [1.29, 1.82) is 5.26 Å². The van der Waals surface area contributed by atoms with Gasteiger partial charge in [0.05, 0.1) is 28.8 Å². The summed E-state index contributed by atoms with van der Waals surface area (Å²) >= 11 is 0. The number of carbonyl (C=O) groups is 1. The van der Waals surface area contributed by atoms with E-state index < -0.39 is 0 Å². The smallest absolute Gasteiger partial charge is 0.255 e. The van der Waals surface area contributed by atoms with Gasteiger partial charge in [-0.1, -0.05) is 12.1 Å². The van der Waals surface area contributed by atoms with Gasteiger partial charge in [-0.25, -0.2) is 9.67 Å². The average Bonchev–Trinajstić information content (AvgIpc) is 3.09. The average molecular weight is 375 g/mol. The number of pyridine rings is 1. The summed E-state index contributed by atoms with van der Waals surface area (Å²) in [5, 5.41) is 14.2. The van der Waals surface area contributed by atoms with Crippen LogP contribution in [0.5, 0.6) is 0 Å². The van der Waals surface area contributed by atoms with Crippen LogP contribution < -0.4 is 0 Å². The highest BCUT2D eigenvalue weighted by molar-refractivity contribution is 6.05. The van der Waals surface area contributed by atoms with Gasteiger partial charge in [0.1, 0.15) is 0 Å². The van der Waals surface area contributed by atoms with Gasteiger partial charge in [0.15, 0.2) is 5.65 Å². The highest BCUT2D eigenvalue weighted by Gasteiger charge is 2.23. The largest absolute Gasteiger partial charge is 0.332 e. The maximum Gasteiger partial charge on any atom is 0.255 e. The molecule has 0 atom stereocenters. The summed E-state index contributed by atoms with van der Waals surface area (Å²) < 4.78 is 1.85. The molecule has 0 aliphatic rings. The number of hydrogen-bond acceptors (Lipinski definition) is 4. The van der Waals surface area contributed by atoms with Crippen LogP contribution in [0.25, 0.3) is 11.0 Å². The molecule has 144 valence electrons. The van der Waals surface area contributed by atoms with E-state index in [2.05, 4.69) is 16.2 Å². The fourth-order valence-corrected chi connectivity index (χ4v) is 3.22. The van der Waals surface area contributed by atoms with Crippen molar-refractivity contribution >= 4 is 16.9 Å². The third kappa shape index (κ3) is 3.74. The zero-order chi connectivity index (χ0) is 20.4. The Balaban J connectivity index is 2.00. The van der Waals surface area contributed by atoms with Crippen molar-refractivity contribution < 1.29 is 4.79 Å². The van der Waals surface area contributed by atoms with Crippen LogP contribution in [0.4, 0.5) is 0 Å². The number of aromatic nitrogens is 3. The molecule has 3 aromatic rings. The molecular formula is C22H25N5O. The summed E-state index contributed by atoms with van der Waals surface area (Å²) in [6, 6.07) is 11.5. The van der Waals surface area contributed by atoms with Crippen molar-refractivity contribution in [2.24, 2.45) is 0 Å². The zero-order valence-electron chi connectivity index (χ0n) is 17.0. The Hall–Kier alpha value is -3.20. The molecule has 2 aromatic heterocycles. The number of carbonyl (C=O) groups excluding carboxylic acids is 1. The lowest BCUT2D eigenvalue weighted by Gasteiger charge is -2.27. The Morgan fingerprint density at radius 1 is 1.21 bits per heavy atom. The van der Waals surface area contributed by atoms with Gasteiger partial charge in [-0.2, -0.15) is 10.4 Å². The molecule has 0 aliphatic carbocycles. The fraction of sp³-hybridized carbons (Fsp3) is 0.364. The van der Waals surface area contributed by atoms with E-state index in [1.165, 1.54) is 0 Å². The number of aryl methyl sites for hydroxylation is 1. The third-order valence-corrected chi connectivity index (χ3v) is 4.73. The highest BCUT2D eigenvalue weighted by Crippen LogP contribution is 2.24. The lowest BCUT2D eigenvalue weighted by atomic mass is 10.1. The van der Waals surface area contributed by atoms with Crippen LogP contribution in [0.1, 0.15) is 60.9 Å². The van der Waals surface area contributed by atoms with Crippen molar-refractivity contribution in [3.8, 4) is 6.07 Å². The van der Waals surface area contributed by atoms with E-state index in [0.717, 1.165) is 22.3 Å². The molecule has 28 heavy (non-hydrogen) atoms. The summed E-state index contributed by atoms with van der Waals surface area (Å²) in [5.41, 5.74) is 3.75. The van der Waals surface area contributed by atoms with Crippen LogP contribution in [0.3, 0.4) is 0 Å². The zero-order valence-corrected chi connectivity index (χ0v) is 17.0. The first-order valence-corrected chi connectivity index (χ1v) is 9.46. The molecule has 0 spiro atoms. The Morgan fingerprint density at radius 2 is 1.89 bits per heavy atom. The molecule has 0 saturated heterocycles. The second-order valence-electron chi connectivity index (χ2n) is 7.57. The normalized spacial score (nSPS) is 11.2. The van der Waals surface area contributed by atoms with Gasteiger partial charge in [0.25, 0.3) is 5.91 Å². The van der Waals surface area contributed by atoms with Crippen molar-refractivity contribution in [3.05, 3.63) is 58.9 Å². The van der Waals surface area contributed by atoms with E-state index in [0.29, 0.717) is 17.7 Å². The molecule has 0 fully saturated rings. The van der Waals surface area contributed by atoms with Crippen molar-refractivity contribution in [2.45, 2.75) is 53.2 Å². The maximum absolute atomic E-state index is 13.5. The molecule has 1 aromatic carbocycles. The fourth-order valence-electron chi connectivity index (χ4n) is 3.22. The molecule has 1 amide bonds. The summed E-state index contributed by atoms with van der Waals surface area (Å²) in [4.78, 5) is 19.9. The van der Waals surface area contributed by atoms with Crippen molar-refractivity contribution in [1.82, 2.24) is 19.7 Å². The summed E-state index contributed by atoms with van der Waals surface area (Å²) in [7, 11) is 0. The van der Waals surface area contributed by atoms with Crippen LogP contribution >= 0.6 is 0 Å². The molecule has 0 N–H and O–H groups in total. The predicted molar refractivity (Wildman–Crippen MR) is 109 cm³/mol. The number of nitrogens with zero attached hydrogens (tertiary/aromatic N) is 5. The molecule has 3 rings (SSSR count). The van der Waals surface area contributed by atoms with Gasteiger partial charge in [0, 0.05) is 24.3 Å². The van der Waals surface area contributed by atoms with E-state index in [-0.39, 0.29) is 18.0 Å². The van der Waals surface area contributed by atoms with Crippen LogP contribution in [0, 0.1) is 18.3 Å². The van der Waals surface area contributed by atoms with E-state index in [1.807, 2.05) is 62.4 Å². The van der Waals surface area contributed by atoms with E-state index in [4.69, 9.17) is 5.26 Å². The first-order chi connectivity index (χ1) is 13.3. The molecule has 0 saturated carbocycles. The standard InChI is InChI=1S/C22H25N5O/c1-14(2)26(13-18-8-6-17(11-23)7-9-18)22(28)19-10-16(5)25-21-20(19)12-24-27(21)15(3)4/h6-10,12,14-15H,13H2,1-5H3. The molecule has 0 bridgehead atoms. The Labute approximate surface area is 165 Å². The number of benzene rings is 1. The highest BCUT2D eigenvalue weighted by atomic mass is 16.2. The van der Waals surface area contributed by atoms with Gasteiger partial charge < -0.3 is 4.90 Å². The molecule has 6 nitrogen and oxygen atoms in total. The summed E-state index contributed by atoms with van der Waals surface area (Å²) in [6.45, 7) is 10.5. The Morgan fingerprint density at radius 3 is 2.46 bits per heavy atom. The first kappa shape index (κ1) is 19.6. The molecule has 2 heterocycles. The lowest BCUT2D eigenvalue weighted by molar-refractivity contribution is 0.0692. The number of rotatable bonds is 5. The second-order valence-corrected chi connectivity index (χ2v) is 7.57. The topological polar surface area (TPSA) is 74.8 Å². The number of fused-ring (bicyclic) bond motifs is 1. The van der Waals surface area contributed by atoms with E-state index in [9.17, 15) is 4.79 Å². The van der Waals surface area contributed by atoms with Gasteiger partial charge in [-0.15, -0.1) is 0 Å². The van der Waals surface area contributed by atoms with Gasteiger partial charge in [0.2, 0.25) is 0 Å². The number of nitriles is 1. The maximum atomic E-state index is 13.5. The van der Waals surface area contributed by atoms with E-state index in [1.54, 1.807) is 18.3 Å². The monoisotopic (exact) mass is 375 g/mol. The van der Waals surface area contributed by atoms with Crippen LogP contribution in [0.15, 0.2) is 36.5 Å². The first-order valence-electron chi connectivity index (χ1n) is 9.46. The molecular weight excluding hydrogens is 350 g/mol. The molecule has 6 heteroatoms.